The normalized spacial score (nSPS) is 26.8. The van der Waals surface area contributed by atoms with Crippen LogP contribution in [0, 0.1) is 11.8 Å². The molecule has 2 aliphatic rings. The van der Waals surface area contributed by atoms with Crippen LogP contribution in [0.25, 0.3) is 12.2 Å². The van der Waals surface area contributed by atoms with Gasteiger partial charge in [-0.3, -0.25) is 9.59 Å². The summed E-state index contributed by atoms with van der Waals surface area (Å²) in [6.07, 6.45) is 12.9. The van der Waals surface area contributed by atoms with Gasteiger partial charge in [0.15, 0.2) is 11.6 Å². The Morgan fingerprint density at radius 3 is 1.70 bits per heavy atom. The lowest BCUT2D eigenvalue weighted by Gasteiger charge is -2.29. The summed E-state index contributed by atoms with van der Waals surface area (Å²) in [6, 6.07) is 7.37. The van der Waals surface area contributed by atoms with Crippen molar-refractivity contribution in [1.82, 2.24) is 0 Å². The van der Waals surface area contributed by atoms with Gasteiger partial charge in [0, 0.05) is 11.8 Å². The van der Waals surface area contributed by atoms with E-state index in [0.717, 1.165) is 61.2 Å². The maximum absolute atomic E-state index is 12.9. The van der Waals surface area contributed by atoms with Gasteiger partial charge < -0.3 is 8.83 Å². The molecule has 4 nitrogen and oxygen atoms in total. The summed E-state index contributed by atoms with van der Waals surface area (Å²) in [4.78, 5) is 25.8. The average Bonchev–Trinajstić information content (AvgIpc) is 3.36. The summed E-state index contributed by atoms with van der Waals surface area (Å²) in [7, 11) is 0. The smallest absolute Gasteiger partial charge is 0.162 e. The zero-order valence-corrected chi connectivity index (χ0v) is 15.4. The third-order valence-electron chi connectivity index (χ3n) is 5.66. The predicted octanol–water partition coefficient (Wildman–Crippen LogP) is 5.47. The summed E-state index contributed by atoms with van der Waals surface area (Å²) >= 11 is 0. The molecule has 0 aromatic carbocycles. The minimum absolute atomic E-state index is 0.0584. The van der Waals surface area contributed by atoms with Crippen LogP contribution >= 0.6 is 0 Å². The van der Waals surface area contributed by atoms with E-state index in [1.165, 1.54) is 0 Å². The van der Waals surface area contributed by atoms with Crippen molar-refractivity contribution in [3.05, 3.63) is 59.5 Å². The lowest BCUT2D eigenvalue weighted by Crippen LogP contribution is -2.29. The molecule has 4 heteroatoms. The fraction of sp³-hybridized carbons (Fsp3) is 0.391. The SMILES string of the molecule is O=C1/C(=C/c2ccco2)CCCC1CC1CCC/C(=C\c2ccco2)C1=O. The average molecular weight is 364 g/mol. The van der Waals surface area contributed by atoms with E-state index in [1.54, 1.807) is 12.5 Å². The molecule has 0 radical (unpaired) electrons. The van der Waals surface area contributed by atoms with Crippen molar-refractivity contribution in [2.75, 3.05) is 0 Å². The third kappa shape index (κ3) is 4.05. The quantitative estimate of drug-likeness (QED) is 0.675. The Bertz CT molecular complexity index is 780. The van der Waals surface area contributed by atoms with Crippen molar-refractivity contribution >= 4 is 23.7 Å². The number of furan rings is 2. The Balaban J connectivity index is 1.46. The first-order chi connectivity index (χ1) is 13.2. The molecule has 2 aromatic heterocycles. The Kier molecular flexibility index (Phi) is 5.23. The molecule has 0 aliphatic heterocycles. The second-order valence-corrected chi connectivity index (χ2v) is 7.51. The lowest BCUT2D eigenvalue weighted by atomic mass is 9.73. The van der Waals surface area contributed by atoms with Crippen molar-refractivity contribution in [2.24, 2.45) is 11.8 Å². The number of Topliss-reactive ketones (excluding diaryl/α,β-unsaturated/α-hetero) is 2. The highest BCUT2D eigenvalue weighted by Gasteiger charge is 2.34. The molecule has 2 atom stereocenters. The van der Waals surface area contributed by atoms with Gasteiger partial charge in [0.25, 0.3) is 0 Å². The molecular formula is C23H24O4. The highest BCUT2D eigenvalue weighted by atomic mass is 16.3. The molecule has 0 bridgehead atoms. The minimum Gasteiger partial charge on any atom is -0.465 e. The summed E-state index contributed by atoms with van der Waals surface area (Å²) in [6.45, 7) is 0. The second-order valence-electron chi connectivity index (χ2n) is 7.51. The van der Waals surface area contributed by atoms with Crippen molar-refractivity contribution in [3.63, 3.8) is 0 Å². The standard InChI is InChI=1S/C23H24O4/c24-22-16(5-1-7-18(22)14-20-9-3-11-26-20)13-17-6-2-8-19(23(17)25)15-21-10-4-12-27-21/h3-4,9-12,14-17H,1-2,5-8,13H2/b18-14+,19-15+. The molecule has 2 saturated carbocycles. The number of carbonyl (C=O) groups is 2. The first-order valence-corrected chi connectivity index (χ1v) is 9.77. The summed E-state index contributed by atoms with van der Waals surface area (Å²) in [5, 5.41) is 0. The van der Waals surface area contributed by atoms with E-state index in [-0.39, 0.29) is 23.4 Å². The van der Waals surface area contributed by atoms with E-state index in [4.69, 9.17) is 8.83 Å². The minimum atomic E-state index is -0.0584. The van der Waals surface area contributed by atoms with Gasteiger partial charge in [-0.1, -0.05) is 0 Å². The van der Waals surface area contributed by atoms with Gasteiger partial charge in [0.1, 0.15) is 11.5 Å². The van der Waals surface area contributed by atoms with Gasteiger partial charge in [-0.25, -0.2) is 0 Å². The van der Waals surface area contributed by atoms with E-state index in [0.29, 0.717) is 6.42 Å². The molecule has 0 saturated heterocycles. The van der Waals surface area contributed by atoms with Crippen LogP contribution in [-0.2, 0) is 9.59 Å². The summed E-state index contributed by atoms with van der Waals surface area (Å²) in [5.41, 5.74) is 1.66. The third-order valence-corrected chi connectivity index (χ3v) is 5.66. The first-order valence-electron chi connectivity index (χ1n) is 9.77. The van der Waals surface area contributed by atoms with Gasteiger partial charge in [0.2, 0.25) is 0 Å². The van der Waals surface area contributed by atoms with Gasteiger partial charge in [0.05, 0.1) is 12.5 Å². The highest BCUT2D eigenvalue weighted by molar-refractivity contribution is 6.03. The highest BCUT2D eigenvalue weighted by Crippen LogP contribution is 2.36. The van der Waals surface area contributed by atoms with Crippen LogP contribution in [0.2, 0.25) is 0 Å². The Morgan fingerprint density at radius 2 is 1.30 bits per heavy atom. The predicted molar refractivity (Wildman–Crippen MR) is 103 cm³/mol. The second kappa shape index (κ2) is 7.95. The fourth-order valence-corrected chi connectivity index (χ4v) is 4.28. The van der Waals surface area contributed by atoms with Crippen molar-refractivity contribution in [1.29, 1.82) is 0 Å². The summed E-state index contributed by atoms with van der Waals surface area (Å²) in [5.74, 6) is 1.70. The van der Waals surface area contributed by atoms with Crippen LogP contribution in [-0.4, -0.2) is 11.6 Å². The summed E-state index contributed by atoms with van der Waals surface area (Å²) < 4.78 is 10.7. The van der Waals surface area contributed by atoms with Crippen molar-refractivity contribution in [2.45, 2.75) is 44.9 Å². The van der Waals surface area contributed by atoms with Crippen molar-refractivity contribution < 1.29 is 18.4 Å². The zero-order chi connectivity index (χ0) is 18.6. The Hall–Kier alpha value is -2.62. The molecule has 140 valence electrons. The van der Waals surface area contributed by atoms with Crippen LogP contribution < -0.4 is 0 Å². The number of hydrogen-bond donors (Lipinski definition) is 0. The van der Waals surface area contributed by atoms with E-state index in [2.05, 4.69) is 0 Å². The van der Waals surface area contributed by atoms with Crippen LogP contribution in [0.3, 0.4) is 0 Å². The molecule has 2 aromatic rings. The molecular weight excluding hydrogens is 340 g/mol. The number of ketones is 2. The molecule has 0 amide bonds. The number of carbonyl (C=O) groups excluding carboxylic acids is 2. The van der Waals surface area contributed by atoms with Gasteiger partial charge in [-0.05, 0) is 92.5 Å². The van der Waals surface area contributed by atoms with Crippen LogP contribution in [0.15, 0.2) is 56.8 Å². The first kappa shape index (κ1) is 17.8. The van der Waals surface area contributed by atoms with E-state index < -0.39 is 0 Å². The Labute approximate surface area is 158 Å². The van der Waals surface area contributed by atoms with E-state index in [9.17, 15) is 9.59 Å². The molecule has 2 fully saturated rings. The van der Waals surface area contributed by atoms with Gasteiger partial charge in [-0.2, -0.15) is 0 Å². The maximum atomic E-state index is 12.9. The van der Waals surface area contributed by atoms with Crippen LogP contribution in [0.4, 0.5) is 0 Å². The largest absolute Gasteiger partial charge is 0.465 e. The van der Waals surface area contributed by atoms with Crippen LogP contribution in [0.5, 0.6) is 0 Å². The molecule has 2 unspecified atom stereocenters. The topological polar surface area (TPSA) is 60.4 Å². The number of rotatable bonds is 4. The Morgan fingerprint density at radius 1 is 0.815 bits per heavy atom. The van der Waals surface area contributed by atoms with Gasteiger partial charge >= 0.3 is 0 Å². The molecule has 27 heavy (non-hydrogen) atoms. The molecule has 0 spiro atoms. The molecule has 2 heterocycles. The van der Waals surface area contributed by atoms with Crippen LogP contribution in [0.1, 0.15) is 56.5 Å². The van der Waals surface area contributed by atoms with E-state index >= 15 is 0 Å². The molecule has 0 N–H and O–H groups in total. The lowest BCUT2D eigenvalue weighted by molar-refractivity contribution is -0.124. The van der Waals surface area contributed by atoms with Gasteiger partial charge in [-0.15, -0.1) is 0 Å². The monoisotopic (exact) mass is 364 g/mol. The number of hydrogen-bond acceptors (Lipinski definition) is 4. The zero-order valence-electron chi connectivity index (χ0n) is 15.4. The van der Waals surface area contributed by atoms with E-state index in [1.807, 2.05) is 36.4 Å². The van der Waals surface area contributed by atoms with Crippen molar-refractivity contribution in [3.8, 4) is 0 Å². The molecule has 4 rings (SSSR count). The number of allylic oxidation sites excluding steroid dienone is 2. The molecule has 2 aliphatic carbocycles. The maximum Gasteiger partial charge on any atom is 0.162 e. The fourth-order valence-electron chi connectivity index (χ4n) is 4.28.